The van der Waals surface area contributed by atoms with Gasteiger partial charge < -0.3 is 0 Å². The van der Waals surface area contributed by atoms with Crippen LogP contribution in [0.15, 0.2) is 24.3 Å². The third-order valence-corrected chi connectivity index (χ3v) is 3.94. The highest BCUT2D eigenvalue weighted by Gasteiger charge is 2.12. The van der Waals surface area contributed by atoms with E-state index in [9.17, 15) is 9.00 Å². The highest BCUT2D eigenvalue weighted by atomic mass is 32.2. The van der Waals surface area contributed by atoms with Crippen molar-refractivity contribution in [3.8, 4) is 0 Å². The Bertz CT molecular complexity index is 410. The molecule has 0 aliphatic heterocycles. The minimum absolute atomic E-state index is 0.00908. The first-order valence-corrected chi connectivity index (χ1v) is 7.43. The number of carbonyl (C=O) groups is 1. The Balaban J connectivity index is 2.55. The van der Waals surface area contributed by atoms with Crippen LogP contribution in [0.1, 0.15) is 36.2 Å². The molecule has 0 N–H and O–H groups in total. The van der Waals surface area contributed by atoms with Crippen molar-refractivity contribution >= 4 is 16.6 Å². The fourth-order valence-electron chi connectivity index (χ4n) is 1.55. The van der Waals surface area contributed by atoms with Gasteiger partial charge in [0.05, 0.1) is 5.75 Å². The maximum atomic E-state index is 11.9. The summed E-state index contributed by atoms with van der Waals surface area (Å²) >= 11 is 0. The Kier molecular flexibility index (Phi) is 5.56. The summed E-state index contributed by atoms with van der Waals surface area (Å²) < 4.78 is 11.7. The Morgan fingerprint density at radius 1 is 1.29 bits per heavy atom. The number of benzene rings is 1. The average Bonchev–Trinajstić information content (AvgIpc) is 2.26. The van der Waals surface area contributed by atoms with Gasteiger partial charge in [0.15, 0.2) is 5.78 Å². The van der Waals surface area contributed by atoms with Crippen LogP contribution in [-0.4, -0.2) is 21.5 Å². The molecule has 0 heterocycles. The second kappa shape index (κ2) is 6.70. The van der Waals surface area contributed by atoms with E-state index in [0.29, 0.717) is 17.2 Å². The molecule has 2 nitrogen and oxygen atoms in total. The molecule has 0 saturated heterocycles. The first-order chi connectivity index (χ1) is 8.00. The highest BCUT2D eigenvalue weighted by Crippen LogP contribution is 2.09. The summed E-state index contributed by atoms with van der Waals surface area (Å²) in [5, 5.41) is 0. The molecule has 1 aromatic rings. The number of carbonyl (C=O) groups excluding carboxylic acids is 1. The molecule has 3 heteroatoms. The summed E-state index contributed by atoms with van der Waals surface area (Å²) in [7, 11) is -1.03. The van der Waals surface area contributed by atoms with Crippen LogP contribution < -0.4 is 0 Å². The minimum atomic E-state index is -1.03. The van der Waals surface area contributed by atoms with Gasteiger partial charge in [-0.15, -0.1) is 0 Å². The number of rotatable bonds is 6. The van der Waals surface area contributed by atoms with Crippen molar-refractivity contribution < 1.29 is 9.00 Å². The summed E-state index contributed by atoms with van der Waals surface area (Å²) in [6, 6.07) is 7.46. The maximum Gasteiger partial charge on any atom is 0.175 e. The lowest BCUT2D eigenvalue weighted by molar-refractivity contribution is 0.102. The smallest absolute Gasteiger partial charge is 0.175 e. The van der Waals surface area contributed by atoms with E-state index >= 15 is 0 Å². The third kappa shape index (κ3) is 4.82. The molecule has 0 aliphatic carbocycles. The molecule has 1 rings (SSSR count). The molecular formula is C14H20O2S. The van der Waals surface area contributed by atoms with Crippen molar-refractivity contribution in [3.05, 3.63) is 35.4 Å². The van der Waals surface area contributed by atoms with Crippen LogP contribution >= 0.6 is 0 Å². The summed E-state index contributed by atoms with van der Waals surface area (Å²) in [6.07, 6.45) is 0.910. The largest absolute Gasteiger partial charge is 0.293 e. The summed E-state index contributed by atoms with van der Waals surface area (Å²) in [4.78, 5) is 11.9. The molecule has 0 bridgehead atoms. The van der Waals surface area contributed by atoms with E-state index in [1.54, 1.807) is 6.07 Å². The molecule has 94 valence electrons. The fraction of sp³-hybridized carbons (Fsp3) is 0.500. The highest BCUT2D eigenvalue weighted by molar-refractivity contribution is 7.85. The lowest BCUT2D eigenvalue weighted by atomic mass is 10.1. The number of ketones is 1. The third-order valence-electron chi connectivity index (χ3n) is 2.66. The fourth-order valence-corrected chi connectivity index (χ4v) is 2.88. The zero-order valence-electron chi connectivity index (χ0n) is 10.7. The van der Waals surface area contributed by atoms with Crippen LogP contribution in [0.2, 0.25) is 0 Å². The first kappa shape index (κ1) is 14.1. The van der Waals surface area contributed by atoms with Gasteiger partial charge in [0.2, 0.25) is 0 Å². The van der Waals surface area contributed by atoms with Crippen molar-refractivity contribution in [2.24, 2.45) is 5.92 Å². The summed E-state index contributed by atoms with van der Waals surface area (Å²) in [5.41, 5.74) is 1.66. The van der Waals surface area contributed by atoms with Gasteiger partial charge in [0.25, 0.3) is 0 Å². The molecule has 1 aromatic carbocycles. The second-order valence-electron chi connectivity index (χ2n) is 4.71. The Hall–Kier alpha value is -0.960. The monoisotopic (exact) mass is 252 g/mol. The van der Waals surface area contributed by atoms with Gasteiger partial charge in [-0.25, -0.2) is 0 Å². The van der Waals surface area contributed by atoms with Crippen molar-refractivity contribution in [2.45, 2.75) is 27.2 Å². The van der Waals surface area contributed by atoms with Crippen LogP contribution in [-0.2, 0) is 10.8 Å². The lowest BCUT2D eigenvalue weighted by Crippen LogP contribution is -2.15. The van der Waals surface area contributed by atoms with Gasteiger partial charge in [-0.2, -0.15) is 0 Å². The number of hydrogen-bond donors (Lipinski definition) is 0. The minimum Gasteiger partial charge on any atom is -0.293 e. The Morgan fingerprint density at radius 2 is 1.94 bits per heavy atom. The van der Waals surface area contributed by atoms with Gasteiger partial charge in [-0.1, -0.05) is 38.1 Å². The van der Waals surface area contributed by atoms with E-state index in [1.165, 1.54) is 0 Å². The van der Waals surface area contributed by atoms with Gasteiger partial charge in [0, 0.05) is 22.1 Å². The van der Waals surface area contributed by atoms with Crippen LogP contribution in [0.25, 0.3) is 0 Å². The van der Waals surface area contributed by atoms with E-state index in [4.69, 9.17) is 0 Å². The molecule has 0 aliphatic rings. The van der Waals surface area contributed by atoms with Crippen molar-refractivity contribution in [1.29, 1.82) is 0 Å². The molecule has 17 heavy (non-hydrogen) atoms. The molecule has 0 amide bonds. The van der Waals surface area contributed by atoms with Gasteiger partial charge >= 0.3 is 0 Å². The topological polar surface area (TPSA) is 34.1 Å². The van der Waals surface area contributed by atoms with E-state index in [-0.39, 0.29) is 11.5 Å². The van der Waals surface area contributed by atoms with E-state index in [2.05, 4.69) is 13.8 Å². The normalized spacial score (nSPS) is 12.7. The van der Waals surface area contributed by atoms with Crippen LogP contribution in [0.4, 0.5) is 0 Å². The number of aryl methyl sites for hydroxylation is 1. The molecule has 1 unspecified atom stereocenters. The summed E-state index contributed by atoms with van der Waals surface area (Å²) in [5.74, 6) is 1.30. The zero-order valence-corrected chi connectivity index (χ0v) is 11.5. The maximum absolute atomic E-state index is 11.9. The molecule has 1 atom stereocenters. The predicted molar refractivity (Wildman–Crippen MR) is 72.8 cm³/mol. The number of hydrogen-bond acceptors (Lipinski definition) is 2. The molecule has 0 aromatic heterocycles. The van der Waals surface area contributed by atoms with Gasteiger partial charge in [-0.05, 0) is 24.8 Å². The van der Waals surface area contributed by atoms with E-state index in [0.717, 1.165) is 12.0 Å². The van der Waals surface area contributed by atoms with E-state index in [1.807, 2.05) is 25.1 Å². The molecule has 0 spiro atoms. The van der Waals surface area contributed by atoms with E-state index < -0.39 is 10.8 Å². The van der Waals surface area contributed by atoms with Crippen molar-refractivity contribution in [1.82, 2.24) is 0 Å². The quantitative estimate of drug-likeness (QED) is 0.729. The number of Topliss-reactive ketones (excluding diaryl/α,β-unsaturated/α-hetero) is 1. The average molecular weight is 252 g/mol. The Labute approximate surface area is 106 Å². The molecular weight excluding hydrogens is 232 g/mol. The van der Waals surface area contributed by atoms with Crippen LogP contribution in [0, 0.1) is 12.8 Å². The van der Waals surface area contributed by atoms with Crippen LogP contribution in [0.3, 0.4) is 0 Å². The van der Waals surface area contributed by atoms with Crippen LogP contribution in [0.5, 0.6) is 0 Å². The first-order valence-electron chi connectivity index (χ1n) is 5.94. The Morgan fingerprint density at radius 3 is 2.53 bits per heavy atom. The van der Waals surface area contributed by atoms with Gasteiger partial charge in [-0.3, -0.25) is 9.00 Å². The molecule has 0 radical (unpaired) electrons. The van der Waals surface area contributed by atoms with Crippen molar-refractivity contribution in [3.63, 3.8) is 0 Å². The van der Waals surface area contributed by atoms with Gasteiger partial charge in [0.1, 0.15) is 0 Å². The lowest BCUT2D eigenvalue weighted by Gasteiger charge is -2.06. The van der Waals surface area contributed by atoms with Crippen molar-refractivity contribution in [2.75, 3.05) is 11.5 Å². The zero-order chi connectivity index (χ0) is 12.8. The second-order valence-corrected chi connectivity index (χ2v) is 6.29. The SMILES string of the molecule is Cc1ccccc1C(=O)CS(=O)CCC(C)C. The predicted octanol–water partition coefficient (Wildman–Crippen LogP) is 2.97. The molecule has 0 fully saturated rings. The molecule has 0 saturated carbocycles. The summed E-state index contributed by atoms with van der Waals surface area (Å²) in [6.45, 7) is 6.10. The standard InChI is InChI=1S/C14H20O2S/c1-11(2)8-9-17(16)10-14(15)13-7-5-4-6-12(13)3/h4-7,11H,8-10H2,1-3H3.